The van der Waals surface area contributed by atoms with Gasteiger partial charge in [-0.25, -0.2) is 13.1 Å². The van der Waals surface area contributed by atoms with Crippen LogP contribution in [0.3, 0.4) is 0 Å². The van der Waals surface area contributed by atoms with Gasteiger partial charge >= 0.3 is 26.5 Å². The maximum absolute atomic E-state index is 13.5. The minimum absolute atomic E-state index is 0.0373. The molecule has 0 aromatic carbocycles. The Balaban J connectivity index is 3.21. The Morgan fingerprint density at radius 1 is 0.826 bits per heavy atom. The molecular weight excluding hydrogens is 380 g/mol. The zero-order chi connectivity index (χ0) is 18.3. The molecule has 23 heavy (non-hydrogen) atoms. The van der Waals surface area contributed by atoms with E-state index in [0.717, 1.165) is 0 Å². The highest BCUT2D eigenvalue weighted by molar-refractivity contribution is 7.91. The summed E-state index contributed by atoms with van der Waals surface area (Å²) in [6, 6.07) is -1.16. The van der Waals surface area contributed by atoms with E-state index in [1.54, 1.807) is 0 Å². The summed E-state index contributed by atoms with van der Waals surface area (Å²) < 4.78 is 132. The maximum atomic E-state index is 13.5. The molecule has 0 heterocycles. The number of sulfonamides is 1. The van der Waals surface area contributed by atoms with Crippen molar-refractivity contribution >= 4 is 20.1 Å². The van der Waals surface area contributed by atoms with E-state index in [0.29, 0.717) is 19.3 Å². The van der Waals surface area contributed by atoms with Crippen LogP contribution >= 0.6 is 0 Å². The largest absolute Gasteiger partial charge is 0.439 e. The molecule has 0 bridgehead atoms. The van der Waals surface area contributed by atoms with Crippen molar-refractivity contribution in [1.82, 2.24) is 4.72 Å². The van der Waals surface area contributed by atoms with Crippen LogP contribution in [0.25, 0.3) is 0 Å². The second kappa shape index (κ2) is 6.04. The second-order valence-corrected chi connectivity index (χ2v) is 8.26. The lowest BCUT2D eigenvalue weighted by atomic mass is 9.96. The van der Waals surface area contributed by atoms with E-state index in [-0.39, 0.29) is 12.8 Å². The third kappa shape index (κ3) is 3.44. The van der Waals surface area contributed by atoms with E-state index in [1.165, 1.54) is 4.72 Å². The highest BCUT2D eigenvalue weighted by Gasteiger charge is 2.82. The molecule has 0 saturated heterocycles. The molecule has 0 aromatic heterocycles. The summed E-state index contributed by atoms with van der Waals surface area (Å²) in [5.41, 5.74) is 0. The molecular formula is C9H13F6NO5S2. The first-order valence-electron chi connectivity index (χ1n) is 6.20. The van der Waals surface area contributed by atoms with Crippen molar-refractivity contribution < 1.29 is 47.7 Å². The summed E-state index contributed by atoms with van der Waals surface area (Å²) in [7, 11) is -13.3. The number of halogens is 6. The van der Waals surface area contributed by atoms with Gasteiger partial charge in [0.1, 0.15) is 0 Å². The normalized spacial score (nSPS) is 19.8. The molecule has 0 aliphatic heterocycles. The lowest BCUT2D eigenvalue weighted by Gasteiger charge is -2.32. The van der Waals surface area contributed by atoms with Crippen LogP contribution in [0.15, 0.2) is 0 Å². The van der Waals surface area contributed by atoms with Crippen LogP contribution in [0.4, 0.5) is 26.3 Å². The molecule has 0 amide bonds. The highest BCUT2D eigenvalue weighted by atomic mass is 32.2. The van der Waals surface area contributed by atoms with Crippen molar-refractivity contribution in [3.63, 3.8) is 0 Å². The van der Waals surface area contributed by atoms with Gasteiger partial charge in [-0.2, -0.15) is 34.8 Å². The maximum Gasteiger partial charge on any atom is 0.439 e. The number of hydrogen-bond acceptors (Lipinski definition) is 4. The van der Waals surface area contributed by atoms with Crippen molar-refractivity contribution in [3.8, 4) is 0 Å². The highest BCUT2D eigenvalue weighted by Crippen LogP contribution is 2.50. The predicted octanol–water partition coefficient (Wildman–Crippen LogP) is 1.95. The fraction of sp³-hybridized carbons (Fsp3) is 1.00. The molecule has 1 fully saturated rings. The van der Waals surface area contributed by atoms with Gasteiger partial charge in [0.25, 0.3) is 10.0 Å². The molecule has 138 valence electrons. The van der Waals surface area contributed by atoms with Gasteiger partial charge in [-0.05, 0) is 12.8 Å². The quantitative estimate of drug-likeness (QED) is 0.531. The van der Waals surface area contributed by atoms with Crippen molar-refractivity contribution in [1.29, 1.82) is 0 Å². The zero-order valence-corrected chi connectivity index (χ0v) is 12.9. The van der Waals surface area contributed by atoms with Gasteiger partial charge in [0.2, 0.25) is 0 Å². The van der Waals surface area contributed by atoms with Crippen LogP contribution in [0.5, 0.6) is 0 Å². The molecule has 1 aliphatic carbocycles. The lowest BCUT2D eigenvalue weighted by molar-refractivity contribution is -0.246. The Hall–Kier alpha value is -0.600. The Labute approximate surface area is 128 Å². The molecule has 2 N–H and O–H groups in total. The molecule has 1 rings (SSSR count). The van der Waals surface area contributed by atoms with Crippen LogP contribution in [-0.2, 0) is 20.1 Å². The smallest absolute Gasteiger partial charge is 0.281 e. The van der Waals surface area contributed by atoms with Crippen LogP contribution in [0.1, 0.15) is 32.1 Å². The van der Waals surface area contributed by atoms with Gasteiger partial charge in [-0.3, -0.25) is 4.55 Å². The molecule has 0 aromatic rings. The van der Waals surface area contributed by atoms with Crippen molar-refractivity contribution in [2.45, 2.75) is 54.6 Å². The predicted molar refractivity (Wildman–Crippen MR) is 65.3 cm³/mol. The second-order valence-electron chi connectivity index (χ2n) is 5.04. The number of nitrogens with one attached hydrogen (secondary N) is 1. The topological polar surface area (TPSA) is 101 Å². The van der Waals surface area contributed by atoms with Crippen molar-refractivity contribution in [3.05, 3.63) is 0 Å². The van der Waals surface area contributed by atoms with E-state index in [1.807, 2.05) is 0 Å². The van der Waals surface area contributed by atoms with Crippen LogP contribution in [0, 0.1) is 0 Å². The molecule has 14 heteroatoms. The van der Waals surface area contributed by atoms with Gasteiger partial charge in [0.05, 0.1) is 0 Å². The van der Waals surface area contributed by atoms with Crippen LogP contribution in [-0.4, -0.2) is 43.9 Å². The minimum Gasteiger partial charge on any atom is -0.281 e. The Morgan fingerprint density at radius 2 is 1.26 bits per heavy atom. The Morgan fingerprint density at radius 3 is 1.65 bits per heavy atom. The first-order chi connectivity index (χ1) is 10.1. The van der Waals surface area contributed by atoms with Crippen LogP contribution < -0.4 is 4.72 Å². The molecule has 0 unspecified atom stereocenters. The van der Waals surface area contributed by atoms with E-state index < -0.39 is 42.6 Å². The Kier molecular flexibility index (Phi) is 5.37. The third-order valence-electron chi connectivity index (χ3n) is 3.32. The van der Waals surface area contributed by atoms with Crippen molar-refractivity contribution in [2.24, 2.45) is 0 Å². The standard InChI is InChI=1S/C9H13F6NO5S2/c10-7(11,9(14,15)23(19,20)21)8(12,13)22(17,18)16-6-4-2-1-3-5-6/h6,16H,1-5H2,(H,19,20,21). The van der Waals surface area contributed by atoms with Gasteiger partial charge in [-0.1, -0.05) is 19.3 Å². The number of alkyl halides is 6. The third-order valence-corrected chi connectivity index (χ3v) is 5.80. The minimum atomic E-state index is -6.99. The summed E-state index contributed by atoms with van der Waals surface area (Å²) in [4.78, 5) is 0. The summed E-state index contributed by atoms with van der Waals surface area (Å²) in [6.45, 7) is 0. The van der Waals surface area contributed by atoms with Crippen molar-refractivity contribution in [2.75, 3.05) is 0 Å². The summed E-state index contributed by atoms with van der Waals surface area (Å²) in [5, 5.41) is -13.2. The summed E-state index contributed by atoms with van der Waals surface area (Å²) in [5.74, 6) is -6.89. The SMILES string of the molecule is O=S(=O)(O)C(F)(F)C(F)(F)C(F)(F)S(=O)(=O)NC1CCCCC1. The fourth-order valence-electron chi connectivity index (χ4n) is 2.01. The van der Waals surface area contributed by atoms with E-state index in [9.17, 15) is 43.2 Å². The Bertz CT molecular complexity index is 641. The fourth-order valence-corrected chi connectivity index (χ4v) is 3.82. The first kappa shape index (κ1) is 20.4. The van der Waals surface area contributed by atoms with E-state index in [2.05, 4.69) is 0 Å². The first-order valence-corrected chi connectivity index (χ1v) is 9.12. The van der Waals surface area contributed by atoms with E-state index >= 15 is 0 Å². The van der Waals surface area contributed by atoms with Crippen LogP contribution in [0.2, 0.25) is 0 Å². The molecule has 1 aliphatic rings. The number of rotatable bonds is 6. The van der Waals surface area contributed by atoms with E-state index in [4.69, 9.17) is 4.55 Å². The molecule has 0 radical (unpaired) electrons. The summed E-state index contributed by atoms with van der Waals surface area (Å²) >= 11 is 0. The average molecular weight is 393 g/mol. The van der Waals surface area contributed by atoms with Gasteiger partial charge in [-0.15, -0.1) is 0 Å². The zero-order valence-electron chi connectivity index (χ0n) is 11.3. The molecule has 0 spiro atoms. The monoisotopic (exact) mass is 393 g/mol. The molecule has 0 atom stereocenters. The van der Waals surface area contributed by atoms with Gasteiger partial charge in [0.15, 0.2) is 0 Å². The lowest BCUT2D eigenvalue weighted by Crippen LogP contribution is -2.63. The van der Waals surface area contributed by atoms with Gasteiger partial charge < -0.3 is 0 Å². The molecule has 6 nitrogen and oxygen atoms in total. The summed E-state index contributed by atoms with van der Waals surface area (Å²) in [6.07, 6.45) is 1.56. The average Bonchev–Trinajstić information content (AvgIpc) is 2.37. The number of hydrogen-bond donors (Lipinski definition) is 2. The molecule has 1 saturated carbocycles. The van der Waals surface area contributed by atoms with Gasteiger partial charge in [0, 0.05) is 6.04 Å².